The SMILES string of the molecule is CSc1ccc2nc(N(C[C@@H]3CCCO3)C(=O)c3cccc(C)c3)sc2c1. The van der Waals surface area contributed by atoms with Gasteiger partial charge in [0.25, 0.3) is 5.91 Å². The average Bonchev–Trinajstić information content (AvgIpc) is 3.34. The van der Waals surface area contributed by atoms with Crippen LogP contribution in [0.25, 0.3) is 10.2 Å². The van der Waals surface area contributed by atoms with Gasteiger partial charge in [0, 0.05) is 17.1 Å². The van der Waals surface area contributed by atoms with E-state index >= 15 is 0 Å². The van der Waals surface area contributed by atoms with Gasteiger partial charge in [0.05, 0.1) is 22.9 Å². The smallest absolute Gasteiger partial charge is 0.260 e. The Morgan fingerprint density at radius 3 is 2.96 bits per heavy atom. The number of amides is 1. The number of thiazole rings is 1. The average molecular weight is 399 g/mol. The normalized spacial score (nSPS) is 16.7. The molecule has 0 N–H and O–H groups in total. The van der Waals surface area contributed by atoms with Gasteiger partial charge in [-0.1, -0.05) is 29.0 Å². The van der Waals surface area contributed by atoms with Gasteiger partial charge in [-0.25, -0.2) is 4.98 Å². The molecule has 140 valence electrons. The molecule has 0 spiro atoms. The zero-order chi connectivity index (χ0) is 18.8. The summed E-state index contributed by atoms with van der Waals surface area (Å²) in [6, 6.07) is 14.0. The van der Waals surface area contributed by atoms with Gasteiger partial charge in [-0.15, -0.1) is 11.8 Å². The highest BCUT2D eigenvalue weighted by Gasteiger charge is 2.27. The summed E-state index contributed by atoms with van der Waals surface area (Å²) in [7, 11) is 0. The van der Waals surface area contributed by atoms with Crippen molar-refractivity contribution in [2.75, 3.05) is 24.3 Å². The summed E-state index contributed by atoms with van der Waals surface area (Å²) < 4.78 is 6.91. The minimum Gasteiger partial charge on any atom is -0.376 e. The monoisotopic (exact) mass is 398 g/mol. The van der Waals surface area contributed by atoms with Crippen LogP contribution in [0.1, 0.15) is 28.8 Å². The van der Waals surface area contributed by atoms with E-state index in [9.17, 15) is 4.79 Å². The summed E-state index contributed by atoms with van der Waals surface area (Å²) in [5, 5.41) is 0.741. The molecule has 1 aromatic heterocycles. The Morgan fingerprint density at radius 1 is 1.33 bits per heavy atom. The van der Waals surface area contributed by atoms with Crippen LogP contribution in [-0.2, 0) is 4.74 Å². The second-order valence-corrected chi connectivity index (χ2v) is 8.64. The molecular formula is C21H22N2O2S2. The number of rotatable bonds is 5. The second-order valence-electron chi connectivity index (χ2n) is 6.75. The van der Waals surface area contributed by atoms with Gasteiger partial charge in [0.1, 0.15) is 0 Å². The van der Waals surface area contributed by atoms with Gasteiger partial charge in [-0.2, -0.15) is 0 Å². The van der Waals surface area contributed by atoms with Crippen molar-refractivity contribution in [3.8, 4) is 0 Å². The Kier molecular flexibility index (Phi) is 5.48. The van der Waals surface area contributed by atoms with Crippen molar-refractivity contribution in [3.63, 3.8) is 0 Å². The molecule has 3 aromatic rings. The topological polar surface area (TPSA) is 42.4 Å². The van der Waals surface area contributed by atoms with Gasteiger partial charge in [0.2, 0.25) is 0 Å². The van der Waals surface area contributed by atoms with Crippen molar-refractivity contribution in [1.29, 1.82) is 0 Å². The maximum Gasteiger partial charge on any atom is 0.260 e. The van der Waals surface area contributed by atoms with Gasteiger partial charge in [-0.05, 0) is 56.4 Å². The Labute approximate surface area is 167 Å². The van der Waals surface area contributed by atoms with Crippen molar-refractivity contribution >= 4 is 44.4 Å². The Morgan fingerprint density at radius 2 is 2.22 bits per heavy atom. The highest BCUT2D eigenvalue weighted by Crippen LogP contribution is 2.33. The van der Waals surface area contributed by atoms with E-state index < -0.39 is 0 Å². The number of ether oxygens (including phenoxy) is 1. The lowest BCUT2D eigenvalue weighted by molar-refractivity contribution is 0.0917. The molecule has 1 amide bonds. The molecule has 1 atom stereocenters. The Balaban J connectivity index is 1.71. The van der Waals surface area contributed by atoms with E-state index in [0.29, 0.717) is 12.1 Å². The van der Waals surface area contributed by atoms with E-state index in [1.165, 1.54) is 4.90 Å². The van der Waals surface area contributed by atoms with Crippen LogP contribution >= 0.6 is 23.1 Å². The van der Waals surface area contributed by atoms with Crippen molar-refractivity contribution in [3.05, 3.63) is 53.6 Å². The first-order valence-electron chi connectivity index (χ1n) is 9.09. The molecule has 1 fully saturated rings. The van der Waals surface area contributed by atoms with Crippen LogP contribution in [0.5, 0.6) is 0 Å². The van der Waals surface area contributed by atoms with Crippen LogP contribution in [0.2, 0.25) is 0 Å². The molecule has 0 saturated carbocycles. The number of aryl methyl sites for hydroxylation is 1. The number of benzene rings is 2. The number of hydrogen-bond acceptors (Lipinski definition) is 5. The third kappa shape index (κ3) is 4.03. The predicted molar refractivity (Wildman–Crippen MR) is 113 cm³/mol. The maximum absolute atomic E-state index is 13.3. The molecule has 27 heavy (non-hydrogen) atoms. The summed E-state index contributed by atoms with van der Waals surface area (Å²) in [6.45, 7) is 3.32. The van der Waals surface area contributed by atoms with Crippen molar-refractivity contribution < 1.29 is 9.53 Å². The number of fused-ring (bicyclic) bond motifs is 1. The first-order valence-corrected chi connectivity index (χ1v) is 11.1. The summed E-state index contributed by atoms with van der Waals surface area (Å²) in [5.41, 5.74) is 2.70. The van der Waals surface area contributed by atoms with Crippen LogP contribution in [0.3, 0.4) is 0 Å². The molecule has 1 saturated heterocycles. The fourth-order valence-electron chi connectivity index (χ4n) is 3.31. The fourth-order valence-corrected chi connectivity index (χ4v) is 4.84. The first-order chi connectivity index (χ1) is 13.1. The van der Waals surface area contributed by atoms with E-state index in [4.69, 9.17) is 9.72 Å². The Bertz CT molecular complexity index is 964. The molecule has 0 bridgehead atoms. The molecule has 4 nitrogen and oxygen atoms in total. The van der Waals surface area contributed by atoms with Crippen LogP contribution in [0.4, 0.5) is 5.13 Å². The summed E-state index contributed by atoms with van der Waals surface area (Å²) in [5.74, 6) is -0.0154. The molecule has 0 unspecified atom stereocenters. The summed E-state index contributed by atoms with van der Waals surface area (Å²) in [4.78, 5) is 21.1. The second kappa shape index (κ2) is 8.00. The standard InChI is InChI=1S/C21H22N2O2S2/c1-14-5-3-6-15(11-14)20(24)23(13-16-7-4-10-25-16)21-22-18-9-8-17(26-2)12-19(18)27-21/h3,5-6,8-9,11-12,16H,4,7,10,13H2,1-2H3/t16-/m0/s1. The minimum atomic E-state index is -0.0154. The van der Waals surface area contributed by atoms with E-state index in [-0.39, 0.29) is 12.0 Å². The quantitative estimate of drug-likeness (QED) is 0.557. The minimum absolute atomic E-state index is 0.0154. The van der Waals surface area contributed by atoms with Gasteiger partial charge in [-0.3, -0.25) is 9.69 Å². The third-order valence-corrected chi connectivity index (χ3v) is 6.50. The molecule has 2 aromatic carbocycles. The molecule has 0 radical (unpaired) electrons. The number of carbonyl (C=O) groups excluding carboxylic acids is 1. The molecule has 0 aliphatic carbocycles. The zero-order valence-electron chi connectivity index (χ0n) is 15.5. The fraction of sp³-hybridized carbons (Fsp3) is 0.333. The largest absolute Gasteiger partial charge is 0.376 e. The van der Waals surface area contributed by atoms with Crippen LogP contribution in [-0.4, -0.2) is 36.4 Å². The number of nitrogens with zero attached hydrogens (tertiary/aromatic N) is 2. The number of anilines is 1. The van der Waals surface area contributed by atoms with E-state index in [0.717, 1.165) is 40.4 Å². The number of hydrogen-bond donors (Lipinski definition) is 0. The maximum atomic E-state index is 13.3. The molecule has 1 aliphatic rings. The van der Waals surface area contributed by atoms with E-state index in [1.807, 2.05) is 37.3 Å². The van der Waals surface area contributed by atoms with Crippen LogP contribution < -0.4 is 4.90 Å². The zero-order valence-corrected chi connectivity index (χ0v) is 17.1. The lowest BCUT2D eigenvalue weighted by Gasteiger charge is -2.23. The highest BCUT2D eigenvalue weighted by atomic mass is 32.2. The lowest BCUT2D eigenvalue weighted by Crippen LogP contribution is -2.37. The molecule has 2 heterocycles. The molecular weight excluding hydrogens is 376 g/mol. The Hall–Kier alpha value is -1.89. The van der Waals surface area contributed by atoms with Crippen LogP contribution in [0, 0.1) is 6.92 Å². The van der Waals surface area contributed by atoms with E-state index in [2.05, 4.69) is 18.4 Å². The summed E-state index contributed by atoms with van der Waals surface area (Å²) >= 11 is 3.28. The van der Waals surface area contributed by atoms with Crippen molar-refractivity contribution in [2.24, 2.45) is 0 Å². The van der Waals surface area contributed by atoms with Crippen molar-refractivity contribution in [1.82, 2.24) is 4.98 Å². The molecule has 4 rings (SSSR count). The van der Waals surface area contributed by atoms with Crippen molar-refractivity contribution in [2.45, 2.75) is 30.8 Å². The predicted octanol–water partition coefficient (Wildman–Crippen LogP) is 5.15. The number of thioether (sulfide) groups is 1. The molecule has 6 heteroatoms. The highest BCUT2D eigenvalue weighted by molar-refractivity contribution is 7.98. The van der Waals surface area contributed by atoms with Gasteiger partial charge in [0.15, 0.2) is 5.13 Å². The lowest BCUT2D eigenvalue weighted by atomic mass is 10.1. The third-order valence-electron chi connectivity index (χ3n) is 4.74. The number of carbonyl (C=O) groups is 1. The van der Waals surface area contributed by atoms with Crippen LogP contribution in [0.15, 0.2) is 47.4 Å². The van der Waals surface area contributed by atoms with E-state index in [1.54, 1.807) is 28.0 Å². The number of aromatic nitrogens is 1. The van der Waals surface area contributed by atoms with Gasteiger partial charge >= 0.3 is 0 Å². The first kappa shape index (κ1) is 18.5. The molecule has 1 aliphatic heterocycles. The summed E-state index contributed by atoms with van der Waals surface area (Å²) in [6.07, 6.45) is 4.17. The van der Waals surface area contributed by atoms with Gasteiger partial charge < -0.3 is 4.74 Å².